The Morgan fingerprint density at radius 2 is 2.16 bits per heavy atom. The first-order valence-corrected chi connectivity index (χ1v) is 11.3. The first kappa shape index (κ1) is 21.7. The van der Waals surface area contributed by atoms with Crippen LogP contribution < -0.4 is 10.9 Å². The van der Waals surface area contributed by atoms with Crippen LogP contribution in [0.25, 0.3) is 10.2 Å². The van der Waals surface area contributed by atoms with Crippen LogP contribution in [-0.4, -0.2) is 47.1 Å². The molecule has 3 heterocycles. The van der Waals surface area contributed by atoms with E-state index in [-0.39, 0.29) is 17.6 Å². The summed E-state index contributed by atoms with van der Waals surface area (Å²) in [5.41, 5.74) is 3.37. The smallest absolute Gasteiger partial charge is 0.266 e. The fourth-order valence-corrected chi connectivity index (χ4v) is 5.16. The van der Waals surface area contributed by atoms with Crippen LogP contribution in [0.5, 0.6) is 0 Å². The molecule has 164 valence electrons. The van der Waals surface area contributed by atoms with Gasteiger partial charge in [0, 0.05) is 18.8 Å². The summed E-state index contributed by atoms with van der Waals surface area (Å²) in [7, 11) is 1.99. The van der Waals surface area contributed by atoms with Crippen LogP contribution in [0.3, 0.4) is 0 Å². The van der Waals surface area contributed by atoms with Crippen molar-refractivity contribution in [3.8, 4) is 0 Å². The number of hydrogen-bond acceptors (Lipinski definition) is 6. The molecule has 0 spiro atoms. The fourth-order valence-electron chi connectivity index (χ4n) is 4.07. The molecular formula is C23H28N4O3S. The average molecular weight is 441 g/mol. The third kappa shape index (κ3) is 4.71. The molecule has 1 aliphatic heterocycles. The van der Waals surface area contributed by atoms with Crippen LogP contribution in [0.1, 0.15) is 45.0 Å². The molecule has 0 saturated carbocycles. The predicted octanol–water partition coefficient (Wildman–Crippen LogP) is 3.77. The first-order chi connectivity index (χ1) is 14.8. The minimum absolute atomic E-state index is 0.204. The van der Waals surface area contributed by atoms with Crippen LogP contribution >= 0.6 is 11.3 Å². The minimum Gasteiger partial charge on any atom is -0.377 e. The number of ether oxygens (including phenoxy) is 1. The lowest BCUT2D eigenvalue weighted by molar-refractivity contribution is 0.0786. The Labute approximate surface area is 185 Å². The summed E-state index contributed by atoms with van der Waals surface area (Å²) in [5.74, 6) is 0.379. The molecule has 3 aromatic rings. The van der Waals surface area contributed by atoms with Crippen molar-refractivity contribution < 1.29 is 9.53 Å². The van der Waals surface area contributed by atoms with Crippen molar-refractivity contribution in [1.82, 2.24) is 14.9 Å². The van der Waals surface area contributed by atoms with Gasteiger partial charge >= 0.3 is 0 Å². The molecule has 1 aromatic carbocycles. The van der Waals surface area contributed by atoms with Crippen molar-refractivity contribution in [2.75, 3.05) is 25.5 Å². The maximum absolute atomic E-state index is 12.9. The highest BCUT2D eigenvalue weighted by atomic mass is 32.1. The lowest BCUT2D eigenvalue weighted by Gasteiger charge is -2.19. The number of aromatic nitrogens is 2. The van der Waals surface area contributed by atoms with Crippen molar-refractivity contribution in [2.24, 2.45) is 0 Å². The summed E-state index contributed by atoms with van der Waals surface area (Å²) in [6, 6.07) is 5.89. The van der Waals surface area contributed by atoms with Gasteiger partial charge in [-0.3, -0.25) is 14.5 Å². The van der Waals surface area contributed by atoms with E-state index in [2.05, 4.69) is 20.2 Å². The Bertz CT molecular complexity index is 1180. The summed E-state index contributed by atoms with van der Waals surface area (Å²) in [6.07, 6.45) is 2.40. The van der Waals surface area contributed by atoms with Gasteiger partial charge in [0.05, 0.1) is 22.9 Å². The average Bonchev–Trinajstić information content (AvgIpc) is 3.31. The van der Waals surface area contributed by atoms with Crippen LogP contribution in [0.2, 0.25) is 0 Å². The number of benzene rings is 1. The van der Waals surface area contributed by atoms with E-state index in [4.69, 9.17) is 4.74 Å². The zero-order chi connectivity index (χ0) is 22.1. The Balaban J connectivity index is 1.56. The van der Waals surface area contributed by atoms with Crippen molar-refractivity contribution in [2.45, 2.75) is 46.3 Å². The summed E-state index contributed by atoms with van der Waals surface area (Å²) < 4.78 is 5.69. The minimum atomic E-state index is -0.219. The number of carbonyl (C=O) groups excluding carboxylic acids is 1. The second kappa shape index (κ2) is 8.90. The van der Waals surface area contributed by atoms with Crippen LogP contribution in [0.4, 0.5) is 5.69 Å². The predicted molar refractivity (Wildman–Crippen MR) is 124 cm³/mol. The van der Waals surface area contributed by atoms with E-state index in [0.29, 0.717) is 33.0 Å². The Morgan fingerprint density at radius 3 is 2.87 bits per heavy atom. The number of anilines is 1. The highest BCUT2D eigenvalue weighted by molar-refractivity contribution is 7.20. The molecule has 1 fully saturated rings. The molecule has 8 heteroatoms. The molecule has 4 rings (SSSR count). The SMILES string of the molecule is Cc1ccc(NC(=O)c2sc3nc(CN(C)CC4CCCO4)[nH]c(=O)c3c2C)c(C)c1. The summed E-state index contributed by atoms with van der Waals surface area (Å²) in [6.45, 7) is 7.92. The number of fused-ring (bicyclic) bond motifs is 1. The number of carbonyl (C=O) groups is 1. The number of H-pyrrole nitrogens is 1. The fraction of sp³-hybridized carbons (Fsp3) is 0.435. The number of nitrogens with one attached hydrogen (secondary N) is 2. The van der Waals surface area contributed by atoms with Gasteiger partial charge in [-0.2, -0.15) is 0 Å². The number of thiophene rings is 1. The van der Waals surface area contributed by atoms with Gasteiger partial charge in [0.25, 0.3) is 11.5 Å². The van der Waals surface area contributed by atoms with E-state index in [9.17, 15) is 9.59 Å². The van der Waals surface area contributed by atoms with Gasteiger partial charge in [-0.05, 0) is 57.9 Å². The molecule has 1 aliphatic rings. The molecule has 2 N–H and O–H groups in total. The Hall–Kier alpha value is -2.55. The highest BCUT2D eigenvalue weighted by Crippen LogP contribution is 2.28. The topological polar surface area (TPSA) is 87.3 Å². The third-order valence-electron chi connectivity index (χ3n) is 5.64. The van der Waals surface area contributed by atoms with Gasteiger partial charge in [0.1, 0.15) is 10.7 Å². The van der Waals surface area contributed by atoms with E-state index in [0.717, 1.165) is 42.8 Å². The summed E-state index contributed by atoms with van der Waals surface area (Å²) >= 11 is 1.26. The maximum atomic E-state index is 12.9. The molecule has 0 radical (unpaired) electrons. The van der Waals surface area contributed by atoms with Gasteiger partial charge in [0.15, 0.2) is 0 Å². The zero-order valence-electron chi connectivity index (χ0n) is 18.4. The second-order valence-corrected chi connectivity index (χ2v) is 9.35. The number of amides is 1. The van der Waals surface area contributed by atoms with Crippen molar-refractivity contribution in [3.63, 3.8) is 0 Å². The quantitative estimate of drug-likeness (QED) is 0.609. The maximum Gasteiger partial charge on any atom is 0.266 e. The number of hydrogen-bond donors (Lipinski definition) is 2. The summed E-state index contributed by atoms with van der Waals surface area (Å²) in [4.78, 5) is 36.5. The van der Waals surface area contributed by atoms with E-state index in [1.807, 2.05) is 39.1 Å². The normalized spacial score (nSPS) is 16.4. The van der Waals surface area contributed by atoms with Gasteiger partial charge < -0.3 is 15.0 Å². The molecule has 31 heavy (non-hydrogen) atoms. The Kier molecular flexibility index (Phi) is 6.22. The molecule has 1 unspecified atom stereocenters. The molecule has 7 nitrogen and oxygen atoms in total. The third-order valence-corrected chi connectivity index (χ3v) is 6.83. The Morgan fingerprint density at radius 1 is 1.35 bits per heavy atom. The number of rotatable bonds is 6. The van der Waals surface area contributed by atoms with E-state index >= 15 is 0 Å². The lowest BCUT2D eigenvalue weighted by atomic mass is 10.1. The van der Waals surface area contributed by atoms with E-state index in [1.54, 1.807) is 6.92 Å². The second-order valence-electron chi connectivity index (χ2n) is 8.35. The largest absolute Gasteiger partial charge is 0.377 e. The lowest BCUT2D eigenvalue weighted by Crippen LogP contribution is -2.29. The van der Waals surface area contributed by atoms with Crippen molar-refractivity contribution in [3.05, 3.63) is 55.9 Å². The van der Waals surface area contributed by atoms with Crippen LogP contribution in [0.15, 0.2) is 23.0 Å². The standard InChI is InChI=1S/C23H28N4O3S/c1-13-7-8-17(14(2)10-13)24-22(29)20-15(3)19-21(28)25-18(26-23(19)31-20)12-27(4)11-16-6-5-9-30-16/h7-8,10,16H,5-6,9,11-12H2,1-4H3,(H,24,29)(H,25,26,28). The van der Waals surface area contributed by atoms with Gasteiger partial charge in [-0.25, -0.2) is 4.98 Å². The molecule has 2 aromatic heterocycles. The first-order valence-electron chi connectivity index (χ1n) is 10.5. The van der Waals surface area contributed by atoms with E-state index in [1.165, 1.54) is 11.3 Å². The van der Waals surface area contributed by atoms with Crippen molar-refractivity contribution >= 4 is 33.1 Å². The molecule has 1 saturated heterocycles. The van der Waals surface area contributed by atoms with Gasteiger partial charge in [-0.1, -0.05) is 17.7 Å². The highest BCUT2D eigenvalue weighted by Gasteiger charge is 2.21. The van der Waals surface area contributed by atoms with Crippen LogP contribution in [0, 0.1) is 20.8 Å². The molecule has 0 bridgehead atoms. The summed E-state index contributed by atoms with van der Waals surface area (Å²) in [5, 5.41) is 3.46. The molecular weight excluding hydrogens is 412 g/mol. The molecule has 1 atom stereocenters. The van der Waals surface area contributed by atoms with Gasteiger partial charge in [0.2, 0.25) is 0 Å². The van der Waals surface area contributed by atoms with E-state index < -0.39 is 0 Å². The number of aromatic amines is 1. The number of aryl methyl sites for hydroxylation is 3. The zero-order valence-corrected chi connectivity index (χ0v) is 19.2. The van der Waals surface area contributed by atoms with Crippen LogP contribution in [-0.2, 0) is 11.3 Å². The molecule has 0 aliphatic carbocycles. The number of likely N-dealkylation sites (N-methyl/N-ethyl adjacent to an activating group) is 1. The molecule has 1 amide bonds. The monoisotopic (exact) mass is 440 g/mol. The number of nitrogens with zero attached hydrogens (tertiary/aromatic N) is 2. The van der Waals surface area contributed by atoms with Gasteiger partial charge in [-0.15, -0.1) is 11.3 Å². The van der Waals surface area contributed by atoms with Crippen molar-refractivity contribution in [1.29, 1.82) is 0 Å².